The lowest BCUT2D eigenvalue weighted by molar-refractivity contribution is -0.144. The molecule has 0 atom stereocenters. The number of hydrogen-bond acceptors (Lipinski definition) is 4. The maximum Gasteiger partial charge on any atom is 0.451 e. The lowest BCUT2D eigenvalue weighted by Gasteiger charge is -2.13. The summed E-state index contributed by atoms with van der Waals surface area (Å²) in [7, 11) is 1.44. The van der Waals surface area contributed by atoms with Gasteiger partial charge in [-0.15, -0.1) is 0 Å². The van der Waals surface area contributed by atoms with Crippen molar-refractivity contribution in [2.75, 3.05) is 12.4 Å². The third-order valence-corrected chi connectivity index (χ3v) is 3.19. The topological polar surface area (TPSA) is 47.0 Å². The zero-order valence-electron chi connectivity index (χ0n) is 12.1. The number of fused-ring (bicyclic) bond motifs is 1. The van der Waals surface area contributed by atoms with E-state index in [0.29, 0.717) is 16.8 Å². The van der Waals surface area contributed by atoms with Crippen molar-refractivity contribution in [1.29, 1.82) is 0 Å². The Labute approximate surface area is 129 Å². The maximum atomic E-state index is 13.0. The van der Waals surface area contributed by atoms with Crippen LogP contribution in [-0.4, -0.2) is 17.1 Å². The van der Waals surface area contributed by atoms with Crippen molar-refractivity contribution in [2.24, 2.45) is 0 Å². The zero-order valence-corrected chi connectivity index (χ0v) is 12.1. The summed E-state index contributed by atoms with van der Waals surface area (Å²) in [6.45, 7) is 0. The Kier molecular flexibility index (Phi) is 3.77. The molecule has 0 amide bonds. The van der Waals surface area contributed by atoms with Crippen LogP contribution in [0.25, 0.3) is 10.9 Å². The summed E-state index contributed by atoms with van der Waals surface area (Å²) < 4.78 is 44.1. The molecule has 7 heteroatoms. The first-order valence-electron chi connectivity index (χ1n) is 6.72. The minimum Gasteiger partial charge on any atom is -0.497 e. The molecule has 0 unspecified atom stereocenters. The van der Waals surface area contributed by atoms with Gasteiger partial charge in [0, 0.05) is 17.1 Å². The van der Waals surface area contributed by atoms with E-state index in [1.807, 2.05) is 6.07 Å². The molecule has 0 bridgehead atoms. The number of nitrogens with zero attached hydrogens (tertiary/aromatic N) is 2. The van der Waals surface area contributed by atoms with Crippen molar-refractivity contribution < 1.29 is 17.9 Å². The summed E-state index contributed by atoms with van der Waals surface area (Å²) in [6, 6.07) is 13.6. The quantitative estimate of drug-likeness (QED) is 0.777. The van der Waals surface area contributed by atoms with Crippen LogP contribution in [0.2, 0.25) is 0 Å². The van der Waals surface area contributed by atoms with Crippen LogP contribution >= 0.6 is 0 Å². The number of methoxy groups -OCH3 is 1. The number of para-hydroxylation sites is 1. The van der Waals surface area contributed by atoms with E-state index in [9.17, 15) is 13.2 Å². The van der Waals surface area contributed by atoms with Gasteiger partial charge in [-0.1, -0.05) is 18.2 Å². The van der Waals surface area contributed by atoms with Gasteiger partial charge in [-0.05, 0) is 24.3 Å². The number of benzene rings is 2. The molecule has 0 fully saturated rings. The Morgan fingerprint density at radius 2 is 1.74 bits per heavy atom. The van der Waals surface area contributed by atoms with Crippen LogP contribution in [-0.2, 0) is 6.18 Å². The highest BCUT2D eigenvalue weighted by Gasteiger charge is 2.35. The lowest BCUT2D eigenvalue weighted by Crippen LogP contribution is -2.12. The summed E-state index contributed by atoms with van der Waals surface area (Å²) in [5, 5.41) is 3.38. The molecular weight excluding hydrogens is 307 g/mol. The fourth-order valence-corrected chi connectivity index (χ4v) is 2.12. The lowest BCUT2D eigenvalue weighted by atomic mass is 10.2. The molecule has 0 spiro atoms. The van der Waals surface area contributed by atoms with Crippen LogP contribution in [0.4, 0.5) is 24.7 Å². The Morgan fingerprint density at radius 3 is 2.39 bits per heavy atom. The van der Waals surface area contributed by atoms with Gasteiger partial charge in [0.15, 0.2) is 0 Å². The summed E-state index contributed by atoms with van der Waals surface area (Å²) >= 11 is 0. The first-order chi connectivity index (χ1) is 11.0. The van der Waals surface area contributed by atoms with Crippen LogP contribution in [0.1, 0.15) is 5.82 Å². The van der Waals surface area contributed by atoms with Gasteiger partial charge in [0.2, 0.25) is 5.82 Å². The maximum absolute atomic E-state index is 13.0. The van der Waals surface area contributed by atoms with Gasteiger partial charge in [0.25, 0.3) is 0 Å². The number of alkyl halides is 3. The Morgan fingerprint density at radius 1 is 1.00 bits per heavy atom. The number of anilines is 2. The molecule has 3 aromatic rings. The van der Waals surface area contributed by atoms with Gasteiger partial charge in [0.1, 0.15) is 11.6 Å². The summed E-state index contributed by atoms with van der Waals surface area (Å²) in [5.41, 5.74) is 0.793. The van der Waals surface area contributed by atoms with Crippen LogP contribution < -0.4 is 10.1 Å². The van der Waals surface area contributed by atoms with Gasteiger partial charge in [-0.2, -0.15) is 13.2 Å². The molecule has 4 nitrogen and oxygen atoms in total. The molecule has 2 aromatic carbocycles. The van der Waals surface area contributed by atoms with Gasteiger partial charge >= 0.3 is 6.18 Å². The van der Waals surface area contributed by atoms with Crippen LogP contribution in [0, 0.1) is 0 Å². The molecule has 23 heavy (non-hydrogen) atoms. The largest absolute Gasteiger partial charge is 0.497 e. The Bertz CT molecular complexity index is 835. The van der Waals surface area contributed by atoms with Crippen molar-refractivity contribution in [1.82, 2.24) is 9.97 Å². The molecular formula is C16H12F3N3O. The number of aromatic nitrogens is 2. The number of rotatable bonds is 3. The number of hydrogen-bond donors (Lipinski definition) is 1. The minimum atomic E-state index is -4.63. The van der Waals surface area contributed by atoms with E-state index in [-0.39, 0.29) is 11.3 Å². The molecule has 3 rings (SSSR count). The van der Waals surface area contributed by atoms with Crippen molar-refractivity contribution in [3.05, 3.63) is 54.4 Å². The number of ether oxygens (including phenoxy) is 1. The molecule has 0 aliphatic heterocycles. The van der Waals surface area contributed by atoms with Gasteiger partial charge < -0.3 is 10.1 Å². The minimum absolute atomic E-state index is 0.0937. The second kappa shape index (κ2) is 5.75. The van der Waals surface area contributed by atoms with E-state index in [1.54, 1.807) is 36.4 Å². The molecule has 0 aliphatic carbocycles. The van der Waals surface area contributed by atoms with E-state index in [2.05, 4.69) is 15.3 Å². The molecule has 0 saturated heterocycles. The predicted octanol–water partition coefficient (Wildman–Crippen LogP) is 4.40. The molecule has 118 valence electrons. The molecule has 0 aliphatic rings. The molecule has 1 aromatic heterocycles. The fraction of sp³-hybridized carbons (Fsp3) is 0.125. The predicted molar refractivity (Wildman–Crippen MR) is 80.8 cm³/mol. The molecule has 1 N–H and O–H groups in total. The van der Waals surface area contributed by atoms with Crippen molar-refractivity contribution in [2.45, 2.75) is 6.18 Å². The first-order valence-corrected chi connectivity index (χ1v) is 6.72. The monoisotopic (exact) mass is 319 g/mol. The molecule has 0 radical (unpaired) electrons. The summed E-state index contributed by atoms with van der Waals surface area (Å²) in [6.07, 6.45) is -4.63. The van der Waals surface area contributed by atoms with Crippen LogP contribution in [0.15, 0.2) is 48.5 Å². The van der Waals surface area contributed by atoms with E-state index >= 15 is 0 Å². The van der Waals surface area contributed by atoms with E-state index in [4.69, 9.17) is 4.74 Å². The third-order valence-electron chi connectivity index (χ3n) is 3.19. The van der Waals surface area contributed by atoms with Crippen molar-refractivity contribution in [3.63, 3.8) is 0 Å². The fourth-order valence-electron chi connectivity index (χ4n) is 2.12. The highest BCUT2D eigenvalue weighted by molar-refractivity contribution is 5.91. The van der Waals surface area contributed by atoms with Gasteiger partial charge in [-0.3, -0.25) is 0 Å². The number of halogens is 3. The summed E-state index contributed by atoms with van der Waals surface area (Å²) in [5.74, 6) is -0.678. The van der Waals surface area contributed by atoms with E-state index < -0.39 is 12.0 Å². The highest BCUT2D eigenvalue weighted by Crippen LogP contribution is 2.32. The summed E-state index contributed by atoms with van der Waals surface area (Å²) in [4.78, 5) is 7.24. The second-order valence-electron chi connectivity index (χ2n) is 4.77. The van der Waals surface area contributed by atoms with Crippen molar-refractivity contribution in [3.8, 4) is 5.75 Å². The van der Waals surface area contributed by atoms with E-state index in [0.717, 1.165) is 0 Å². The second-order valence-corrected chi connectivity index (χ2v) is 4.77. The Hall–Kier alpha value is -2.83. The van der Waals surface area contributed by atoms with Gasteiger partial charge in [0.05, 0.1) is 12.6 Å². The van der Waals surface area contributed by atoms with Gasteiger partial charge in [-0.25, -0.2) is 9.97 Å². The molecule has 0 saturated carbocycles. The smallest absolute Gasteiger partial charge is 0.451 e. The zero-order chi connectivity index (χ0) is 16.4. The molecule has 1 heterocycles. The average molecular weight is 319 g/mol. The van der Waals surface area contributed by atoms with Crippen LogP contribution in [0.5, 0.6) is 5.75 Å². The Balaban J connectivity index is 2.17. The van der Waals surface area contributed by atoms with Crippen LogP contribution in [0.3, 0.4) is 0 Å². The standard InChI is InChI=1S/C16H12F3N3O/c1-23-11-7-8-12-13(9-11)21-15(16(17,18)19)22-14(12)20-10-5-3-2-4-6-10/h2-9H,1H3,(H,20,21,22). The third kappa shape index (κ3) is 3.18. The highest BCUT2D eigenvalue weighted by atomic mass is 19.4. The van der Waals surface area contributed by atoms with E-state index in [1.165, 1.54) is 13.2 Å². The number of nitrogens with one attached hydrogen (secondary N) is 1. The average Bonchev–Trinajstić information content (AvgIpc) is 2.54. The normalized spacial score (nSPS) is 11.5. The SMILES string of the molecule is COc1ccc2c(Nc3ccccc3)nc(C(F)(F)F)nc2c1. The van der Waals surface area contributed by atoms with Crippen molar-refractivity contribution >= 4 is 22.4 Å². The first kappa shape index (κ1) is 15.1.